The van der Waals surface area contributed by atoms with Gasteiger partial charge in [0.1, 0.15) is 0 Å². The summed E-state index contributed by atoms with van der Waals surface area (Å²) in [5.74, 6) is 0.0929. The van der Waals surface area contributed by atoms with Crippen LogP contribution >= 0.6 is 15.9 Å². The third-order valence-electron chi connectivity index (χ3n) is 2.56. The molecule has 0 fully saturated rings. The molecule has 1 aromatic carbocycles. The maximum atomic E-state index is 11.5. The molecule has 0 saturated carbocycles. The fraction of sp³-hybridized carbons (Fsp3) is 0.500. The molecule has 1 aromatic rings. The van der Waals surface area contributed by atoms with Gasteiger partial charge in [-0.1, -0.05) is 41.1 Å². The van der Waals surface area contributed by atoms with E-state index in [0.29, 0.717) is 13.1 Å². The third kappa shape index (κ3) is 5.06. The molecule has 0 aliphatic carbocycles. The Morgan fingerprint density at radius 3 is 2.61 bits per heavy atom. The number of rotatable bonds is 7. The quantitative estimate of drug-likeness (QED) is 0.802. The van der Waals surface area contributed by atoms with E-state index in [9.17, 15) is 8.42 Å². The first-order chi connectivity index (χ1) is 8.46. The fourth-order valence-corrected chi connectivity index (χ4v) is 3.24. The van der Waals surface area contributed by atoms with Crippen molar-refractivity contribution >= 4 is 26.0 Å². The minimum absolute atomic E-state index is 0.0929. The van der Waals surface area contributed by atoms with E-state index in [2.05, 4.69) is 26.0 Å². The van der Waals surface area contributed by atoms with Gasteiger partial charge in [0.25, 0.3) is 0 Å². The molecule has 0 bridgehead atoms. The highest BCUT2D eigenvalue weighted by Gasteiger charge is 2.11. The van der Waals surface area contributed by atoms with E-state index in [1.54, 1.807) is 6.92 Å². The number of halogens is 1. The summed E-state index contributed by atoms with van der Waals surface area (Å²) in [6, 6.07) is 8.02. The van der Waals surface area contributed by atoms with Crippen molar-refractivity contribution < 1.29 is 8.42 Å². The van der Waals surface area contributed by atoms with E-state index in [1.807, 2.05) is 31.2 Å². The Bertz CT molecular complexity index is 477. The van der Waals surface area contributed by atoms with Crippen molar-refractivity contribution in [1.29, 1.82) is 0 Å². The Kier molecular flexibility index (Phi) is 6.28. The molecule has 1 atom stereocenters. The number of hydrogen-bond acceptors (Lipinski definition) is 3. The van der Waals surface area contributed by atoms with Crippen LogP contribution < -0.4 is 10.0 Å². The Balaban J connectivity index is 2.48. The van der Waals surface area contributed by atoms with Crippen molar-refractivity contribution in [3.63, 3.8) is 0 Å². The molecule has 1 unspecified atom stereocenters. The maximum Gasteiger partial charge on any atom is 0.212 e. The normalized spacial score (nSPS) is 13.5. The van der Waals surface area contributed by atoms with Gasteiger partial charge in [0.2, 0.25) is 10.0 Å². The second-order valence-electron chi connectivity index (χ2n) is 4.01. The van der Waals surface area contributed by atoms with Gasteiger partial charge in [-0.05, 0) is 18.6 Å². The van der Waals surface area contributed by atoms with Crippen molar-refractivity contribution in [2.75, 3.05) is 18.8 Å². The molecule has 2 N–H and O–H groups in total. The predicted octanol–water partition coefficient (Wildman–Crippen LogP) is 2.04. The minimum atomic E-state index is -3.14. The van der Waals surface area contributed by atoms with Crippen molar-refractivity contribution in [2.45, 2.75) is 19.9 Å². The standard InChI is InChI=1S/C12H19BrN2O2S/c1-3-15-18(16,17)9-8-14-10(2)11-6-4-5-7-12(11)13/h4-7,10,14-15H,3,8-9H2,1-2H3. The van der Waals surface area contributed by atoms with E-state index in [1.165, 1.54) is 0 Å². The highest BCUT2D eigenvalue weighted by atomic mass is 79.9. The van der Waals surface area contributed by atoms with Crippen LogP contribution in [0.25, 0.3) is 0 Å². The molecule has 18 heavy (non-hydrogen) atoms. The lowest BCUT2D eigenvalue weighted by Crippen LogP contribution is -2.32. The second kappa shape index (κ2) is 7.23. The summed E-state index contributed by atoms with van der Waals surface area (Å²) in [5, 5.41) is 3.21. The summed E-state index contributed by atoms with van der Waals surface area (Å²) in [6.07, 6.45) is 0. The Labute approximate surface area is 117 Å². The Morgan fingerprint density at radius 2 is 2.00 bits per heavy atom. The van der Waals surface area contributed by atoms with Gasteiger partial charge in [0.15, 0.2) is 0 Å². The lowest BCUT2D eigenvalue weighted by atomic mass is 10.1. The van der Waals surface area contributed by atoms with Crippen molar-refractivity contribution in [2.24, 2.45) is 0 Å². The summed E-state index contributed by atoms with van der Waals surface area (Å²) >= 11 is 3.48. The summed E-state index contributed by atoms with van der Waals surface area (Å²) in [7, 11) is -3.14. The van der Waals surface area contributed by atoms with Crippen LogP contribution in [0.3, 0.4) is 0 Å². The summed E-state index contributed by atoms with van der Waals surface area (Å²) in [5.41, 5.74) is 1.12. The Hall–Kier alpha value is -0.430. The molecule has 6 heteroatoms. The first-order valence-corrected chi connectivity index (χ1v) is 8.36. The van der Waals surface area contributed by atoms with Crippen molar-refractivity contribution in [3.8, 4) is 0 Å². The molecule has 0 aliphatic rings. The zero-order chi connectivity index (χ0) is 13.6. The van der Waals surface area contributed by atoms with Gasteiger partial charge in [-0.2, -0.15) is 0 Å². The van der Waals surface area contributed by atoms with Crippen LogP contribution in [-0.4, -0.2) is 27.3 Å². The minimum Gasteiger partial charge on any atom is -0.309 e. The molecule has 0 aliphatic heterocycles. The van der Waals surface area contributed by atoms with Crippen LogP contribution in [0.1, 0.15) is 25.5 Å². The smallest absolute Gasteiger partial charge is 0.212 e. The first kappa shape index (κ1) is 15.6. The van der Waals surface area contributed by atoms with Crippen LogP contribution in [0.2, 0.25) is 0 Å². The molecule has 0 heterocycles. The molecule has 1 rings (SSSR count). The number of hydrogen-bond donors (Lipinski definition) is 2. The molecule has 4 nitrogen and oxygen atoms in total. The SMILES string of the molecule is CCNS(=O)(=O)CCNC(C)c1ccccc1Br. The largest absolute Gasteiger partial charge is 0.309 e. The van der Waals surface area contributed by atoms with E-state index in [4.69, 9.17) is 0 Å². The monoisotopic (exact) mass is 334 g/mol. The lowest BCUT2D eigenvalue weighted by Gasteiger charge is -2.15. The molecule has 0 spiro atoms. The van der Waals surface area contributed by atoms with Crippen LogP contribution in [0, 0.1) is 0 Å². The molecular weight excluding hydrogens is 316 g/mol. The predicted molar refractivity (Wildman–Crippen MR) is 78.0 cm³/mol. The number of sulfonamides is 1. The van der Waals surface area contributed by atoms with Gasteiger partial charge in [-0.3, -0.25) is 0 Å². The molecule has 0 amide bonds. The van der Waals surface area contributed by atoms with E-state index in [-0.39, 0.29) is 11.8 Å². The van der Waals surface area contributed by atoms with Gasteiger partial charge in [0, 0.05) is 23.6 Å². The summed E-state index contributed by atoms with van der Waals surface area (Å²) in [4.78, 5) is 0. The van der Waals surface area contributed by atoms with Gasteiger partial charge >= 0.3 is 0 Å². The average Bonchev–Trinajstić information content (AvgIpc) is 2.29. The second-order valence-corrected chi connectivity index (χ2v) is 6.79. The number of nitrogens with one attached hydrogen (secondary N) is 2. The van der Waals surface area contributed by atoms with Crippen molar-refractivity contribution in [1.82, 2.24) is 10.0 Å². The van der Waals surface area contributed by atoms with Gasteiger partial charge in [-0.15, -0.1) is 0 Å². The maximum absolute atomic E-state index is 11.5. The third-order valence-corrected chi connectivity index (χ3v) is 4.75. The van der Waals surface area contributed by atoms with Crippen molar-refractivity contribution in [3.05, 3.63) is 34.3 Å². The van der Waals surface area contributed by atoms with Crippen LogP contribution in [0.15, 0.2) is 28.7 Å². The van der Waals surface area contributed by atoms with Crippen LogP contribution in [0.4, 0.5) is 0 Å². The highest BCUT2D eigenvalue weighted by Crippen LogP contribution is 2.22. The highest BCUT2D eigenvalue weighted by molar-refractivity contribution is 9.10. The first-order valence-electron chi connectivity index (χ1n) is 5.91. The molecule has 0 saturated heterocycles. The lowest BCUT2D eigenvalue weighted by molar-refractivity contribution is 0.563. The summed E-state index contributed by atoms with van der Waals surface area (Å²) < 4.78 is 26.4. The van der Waals surface area contributed by atoms with E-state index in [0.717, 1.165) is 10.0 Å². The number of benzene rings is 1. The van der Waals surface area contributed by atoms with E-state index < -0.39 is 10.0 Å². The van der Waals surface area contributed by atoms with Gasteiger partial charge in [-0.25, -0.2) is 13.1 Å². The zero-order valence-corrected chi connectivity index (χ0v) is 13.0. The Morgan fingerprint density at radius 1 is 1.33 bits per heavy atom. The van der Waals surface area contributed by atoms with Gasteiger partial charge in [0.05, 0.1) is 5.75 Å². The topological polar surface area (TPSA) is 58.2 Å². The zero-order valence-electron chi connectivity index (χ0n) is 10.6. The average molecular weight is 335 g/mol. The molecule has 0 aromatic heterocycles. The fourth-order valence-electron chi connectivity index (χ4n) is 1.64. The molecular formula is C12H19BrN2O2S. The molecule has 0 radical (unpaired) electrons. The van der Waals surface area contributed by atoms with E-state index >= 15 is 0 Å². The summed E-state index contributed by atoms with van der Waals surface area (Å²) in [6.45, 7) is 4.65. The molecule has 102 valence electrons. The van der Waals surface area contributed by atoms with Crippen LogP contribution in [-0.2, 0) is 10.0 Å². The van der Waals surface area contributed by atoms with Crippen LogP contribution in [0.5, 0.6) is 0 Å². The van der Waals surface area contributed by atoms with Gasteiger partial charge < -0.3 is 5.32 Å².